The molecule has 0 radical (unpaired) electrons. The lowest BCUT2D eigenvalue weighted by Gasteiger charge is -2.18. The smallest absolute Gasteiger partial charge is 0.0761 e. The second-order valence-electron chi connectivity index (χ2n) is 4.68. The van der Waals surface area contributed by atoms with E-state index in [4.69, 9.17) is 0 Å². The fourth-order valence-corrected chi connectivity index (χ4v) is 3.79. The van der Waals surface area contributed by atoms with Crippen LogP contribution in [0.3, 0.4) is 0 Å². The molecule has 1 aromatic carbocycles. The summed E-state index contributed by atoms with van der Waals surface area (Å²) in [4.78, 5) is 0. The molecule has 0 spiro atoms. The Kier molecular flexibility index (Phi) is 4.72. The van der Waals surface area contributed by atoms with Crippen LogP contribution in [0.4, 0.5) is 0 Å². The van der Waals surface area contributed by atoms with E-state index in [-0.39, 0.29) is 6.04 Å². The number of nitrogens with zero attached hydrogens (tertiary/aromatic N) is 2. The van der Waals surface area contributed by atoms with Crippen molar-refractivity contribution in [2.75, 3.05) is 6.54 Å². The molecule has 0 saturated carbocycles. The van der Waals surface area contributed by atoms with Crippen LogP contribution < -0.4 is 5.32 Å². The van der Waals surface area contributed by atoms with E-state index in [0.29, 0.717) is 0 Å². The van der Waals surface area contributed by atoms with E-state index in [1.165, 1.54) is 8.45 Å². The average Bonchev–Trinajstić information content (AvgIpc) is 3.15. The van der Waals surface area contributed by atoms with Crippen molar-refractivity contribution in [2.45, 2.75) is 13.0 Å². The molecular formula is C16H16IN3S. The molecule has 1 unspecified atom stereocenters. The lowest BCUT2D eigenvalue weighted by Crippen LogP contribution is -2.24. The van der Waals surface area contributed by atoms with Crippen molar-refractivity contribution in [3.05, 3.63) is 68.2 Å². The van der Waals surface area contributed by atoms with E-state index < -0.39 is 0 Å². The molecule has 1 atom stereocenters. The Bertz CT molecular complexity index is 705. The van der Waals surface area contributed by atoms with Crippen LogP contribution >= 0.6 is 33.9 Å². The highest BCUT2D eigenvalue weighted by molar-refractivity contribution is 14.1. The van der Waals surface area contributed by atoms with Crippen molar-refractivity contribution in [3.63, 3.8) is 0 Å². The molecule has 3 rings (SSSR count). The van der Waals surface area contributed by atoms with Gasteiger partial charge < -0.3 is 5.32 Å². The van der Waals surface area contributed by atoms with Gasteiger partial charge in [-0.05, 0) is 64.3 Å². The monoisotopic (exact) mass is 409 g/mol. The topological polar surface area (TPSA) is 29.9 Å². The first-order chi connectivity index (χ1) is 10.3. The zero-order valence-corrected chi connectivity index (χ0v) is 14.6. The maximum absolute atomic E-state index is 4.50. The Morgan fingerprint density at radius 3 is 2.76 bits per heavy atom. The molecule has 0 aliphatic heterocycles. The van der Waals surface area contributed by atoms with Crippen LogP contribution in [-0.4, -0.2) is 16.3 Å². The minimum absolute atomic E-state index is 0.164. The van der Waals surface area contributed by atoms with Crippen LogP contribution in [0.2, 0.25) is 0 Å². The summed E-state index contributed by atoms with van der Waals surface area (Å²) < 4.78 is 3.31. The van der Waals surface area contributed by atoms with Gasteiger partial charge in [-0.2, -0.15) is 5.10 Å². The van der Waals surface area contributed by atoms with Crippen LogP contribution in [0.15, 0.2) is 54.0 Å². The van der Waals surface area contributed by atoms with Gasteiger partial charge in [-0.3, -0.25) is 0 Å². The van der Waals surface area contributed by atoms with Gasteiger partial charge in [0, 0.05) is 6.20 Å². The van der Waals surface area contributed by atoms with E-state index in [1.54, 1.807) is 11.3 Å². The summed E-state index contributed by atoms with van der Waals surface area (Å²) in [6.07, 6.45) is 1.87. The number of thiophene rings is 1. The molecule has 0 aliphatic rings. The summed E-state index contributed by atoms with van der Waals surface area (Å²) in [6, 6.07) is 14.7. The second-order valence-corrected chi connectivity index (χ2v) is 7.48. The third kappa shape index (κ3) is 3.20. The van der Waals surface area contributed by atoms with Gasteiger partial charge in [-0.25, -0.2) is 4.68 Å². The normalized spacial score (nSPS) is 12.5. The van der Waals surface area contributed by atoms with Crippen LogP contribution in [0.1, 0.15) is 24.2 Å². The number of rotatable bonds is 5. The minimum atomic E-state index is 0.164. The Morgan fingerprint density at radius 2 is 2.10 bits per heavy atom. The van der Waals surface area contributed by atoms with E-state index in [1.807, 2.05) is 29.1 Å². The van der Waals surface area contributed by atoms with Crippen molar-refractivity contribution in [1.29, 1.82) is 0 Å². The molecule has 2 heterocycles. The zero-order chi connectivity index (χ0) is 14.7. The molecule has 0 amide bonds. The molecule has 1 N–H and O–H groups in total. The predicted molar refractivity (Wildman–Crippen MR) is 96.1 cm³/mol. The van der Waals surface area contributed by atoms with Crippen LogP contribution in [0, 0.1) is 2.88 Å². The summed E-state index contributed by atoms with van der Waals surface area (Å²) in [5.74, 6) is 0. The predicted octanol–water partition coefficient (Wildman–Crippen LogP) is 4.24. The molecule has 0 fully saturated rings. The summed E-state index contributed by atoms with van der Waals surface area (Å²) >= 11 is 4.14. The number of hydrogen-bond donors (Lipinski definition) is 1. The molecular weight excluding hydrogens is 393 g/mol. The SMILES string of the molecule is CCNC(c1csc(I)c1)c1ccnn1-c1ccccc1. The van der Waals surface area contributed by atoms with Crippen LogP contribution in [0.25, 0.3) is 5.69 Å². The Balaban J connectivity index is 2.03. The van der Waals surface area contributed by atoms with E-state index >= 15 is 0 Å². The zero-order valence-electron chi connectivity index (χ0n) is 11.7. The first-order valence-electron chi connectivity index (χ1n) is 6.86. The van der Waals surface area contributed by atoms with Crippen LogP contribution in [0.5, 0.6) is 0 Å². The maximum Gasteiger partial charge on any atom is 0.0761 e. The van der Waals surface area contributed by atoms with Crippen molar-refractivity contribution >= 4 is 33.9 Å². The van der Waals surface area contributed by atoms with Crippen LogP contribution in [-0.2, 0) is 0 Å². The third-order valence-electron chi connectivity index (χ3n) is 3.30. The van der Waals surface area contributed by atoms with E-state index in [0.717, 1.165) is 17.9 Å². The molecule has 5 heteroatoms. The molecule has 3 aromatic rings. The number of para-hydroxylation sites is 1. The highest BCUT2D eigenvalue weighted by Gasteiger charge is 2.19. The fraction of sp³-hybridized carbons (Fsp3) is 0.188. The number of benzene rings is 1. The standard InChI is InChI=1S/C16H16IN3S/c1-2-18-16(12-10-15(17)21-11-12)14-8-9-19-20(14)13-6-4-3-5-7-13/h3-11,16,18H,2H2,1H3. The maximum atomic E-state index is 4.50. The molecule has 0 aliphatic carbocycles. The van der Waals surface area contributed by atoms with Gasteiger partial charge in [-0.15, -0.1) is 11.3 Å². The van der Waals surface area contributed by atoms with Gasteiger partial charge in [0.05, 0.1) is 20.3 Å². The van der Waals surface area contributed by atoms with E-state index in [9.17, 15) is 0 Å². The van der Waals surface area contributed by atoms with Gasteiger partial charge in [0.2, 0.25) is 0 Å². The van der Waals surface area contributed by atoms with Crippen molar-refractivity contribution in [3.8, 4) is 5.69 Å². The fourth-order valence-electron chi connectivity index (χ4n) is 2.39. The summed E-state index contributed by atoms with van der Waals surface area (Å²) in [6.45, 7) is 3.05. The largest absolute Gasteiger partial charge is 0.305 e. The molecule has 21 heavy (non-hydrogen) atoms. The van der Waals surface area contributed by atoms with Gasteiger partial charge in [0.25, 0.3) is 0 Å². The third-order valence-corrected chi connectivity index (χ3v) is 5.11. The molecule has 2 aromatic heterocycles. The first-order valence-corrected chi connectivity index (χ1v) is 8.82. The van der Waals surface area contributed by atoms with Crippen molar-refractivity contribution < 1.29 is 0 Å². The van der Waals surface area contributed by atoms with Crippen molar-refractivity contribution in [1.82, 2.24) is 15.1 Å². The van der Waals surface area contributed by atoms with Crippen molar-refractivity contribution in [2.24, 2.45) is 0 Å². The number of halogens is 1. The molecule has 0 saturated heterocycles. The summed E-state index contributed by atoms with van der Waals surface area (Å²) in [7, 11) is 0. The number of hydrogen-bond acceptors (Lipinski definition) is 3. The lowest BCUT2D eigenvalue weighted by molar-refractivity contribution is 0.595. The minimum Gasteiger partial charge on any atom is -0.305 e. The van der Waals surface area contributed by atoms with Gasteiger partial charge in [0.1, 0.15) is 0 Å². The Morgan fingerprint density at radius 1 is 1.29 bits per heavy atom. The highest BCUT2D eigenvalue weighted by Crippen LogP contribution is 2.28. The number of nitrogens with one attached hydrogen (secondary N) is 1. The van der Waals surface area contributed by atoms with Gasteiger partial charge in [-0.1, -0.05) is 25.1 Å². The molecule has 0 bridgehead atoms. The highest BCUT2D eigenvalue weighted by atomic mass is 127. The quantitative estimate of drug-likeness (QED) is 0.639. The summed E-state index contributed by atoms with van der Waals surface area (Å²) in [5.41, 5.74) is 3.55. The molecule has 108 valence electrons. The molecule has 3 nitrogen and oxygen atoms in total. The lowest BCUT2D eigenvalue weighted by atomic mass is 10.1. The Labute approximate surface area is 142 Å². The summed E-state index contributed by atoms with van der Waals surface area (Å²) in [5, 5.41) is 10.3. The van der Waals surface area contributed by atoms with E-state index in [2.05, 4.69) is 69.6 Å². The Hall–Kier alpha value is -1.18. The number of aromatic nitrogens is 2. The average molecular weight is 409 g/mol. The second kappa shape index (κ2) is 6.72. The van der Waals surface area contributed by atoms with Gasteiger partial charge in [0.15, 0.2) is 0 Å². The van der Waals surface area contributed by atoms with Gasteiger partial charge >= 0.3 is 0 Å². The first kappa shape index (κ1) is 14.7.